The Kier molecular flexibility index (Phi) is 7.64. The summed E-state index contributed by atoms with van der Waals surface area (Å²) in [4.78, 5) is 15.1. The highest BCUT2D eigenvalue weighted by Gasteiger charge is 2.21. The first-order valence-electron chi connectivity index (χ1n) is 18.7. The zero-order chi connectivity index (χ0) is 37.0. The van der Waals surface area contributed by atoms with Crippen molar-refractivity contribution in [2.75, 3.05) is 0 Å². The molecule has 8 aromatic carbocycles. The lowest BCUT2D eigenvalue weighted by molar-refractivity contribution is 0.670. The fourth-order valence-corrected chi connectivity index (χ4v) is 9.10. The molecule has 0 saturated heterocycles. The van der Waals surface area contributed by atoms with Gasteiger partial charge < -0.3 is 4.42 Å². The average molecular weight is 734 g/mol. The Morgan fingerprint density at radius 3 is 1.68 bits per heavy atom. The van der Waals surface area contributed by atoms with E-state index in [1.807, 2.05) is 84.1 Å². The van der Waals surface area contributed by atoms with Gasteiger partial charge >= 0.3 is 0 Å². The smallest absolute Gasteiger partial charge is 0.164 e. The monoisotopic (exact) mass is 733 g/mol. The first-order valence-corrected chi connectivity index (χ1v) is 19.5. The Morgan fingerprint density at radius 1 is 0.357 bits per heavy atom. The maximum absolute atomic E-state index is 6.86. The molecule has 0 fully saturated rings. The van der Waals surface area contributed by atoms with E-state index in [9.17, 15) is 0 Å². The Hall–Kier alpha value is -7.21. The number of fused-ring (bicyclic) bond motifs is 6. The van der Waals surface area contributed by atoms with Crippen LogP contribution in [0.15, 0.2) is 192 Å². The summed E-state index contributed by atoms with van der Waals surface area (Å²) < 4.78 is 9.41. The van der Waals surface area contributed by atoms with Gasteiger partial charge in [-0.25, -0.2) is 15.0 Å². The minimum Gasteiger partial charge on any atom is -0.455 e. The molecule has 0 radical (unpaired) electrons. The normalized spacial score (nSPS) is 11.6. The largest absolute Gasteiger partial charge is 0.455 e. The molecule has 11 rings (SSSR count). The highest BCUT2D eigenvalue weighted by atomic mass is 32.1. The van der Waals surface area contributed by atoms with Gasteiger partial charge in [0.25, 0.3) is 0 Å². The fourth-order valence-electron chi connectivity index (χ4n) is 7.88. The molecule has 0 aliphatic rings. The highest BCUT2D eigenvalue weighted by Crippen LogP contribution is 2.46. The van der Waals surface area contributed by atoms with Gasteiger partial charge in [0.1, 0.15) is 11.2 Å². The van der Waals surface area contributed by atoms with Crippen LogP contribution in [0.2, 0.25) is 0 Å². The second-order valence-electron chi connectivity index (χ2n) is 13.9. The Bertz CT molecular complexity index is 3180. The number of hydrogen-bond donors (Lipinski definition) is 0. The van der Waals surface area contributed by atoms with E-state index in [1.165, 1.54) is 42.4 Å². The summed E-state index contributed by atoms with van der Waals surface area (Å²) in [7, 11) is 0. The second-order valence-corrected chi connectivity index (χ2v) is 15.0. The van der Waals surface area contributed by atoms with Gasteiger partial charge in [-0.1, -0.05) is 158 Å². The van der Waals surface area contributed by atoms with Gasteiger partial charge in [-0.15, -0.1) is 11.3 Å². The number of benzene rings is 8. The van der Waals surface area contributed by atoms with Crippen molar-refractivity contribution in [1.29, 1.82) is 0 Å². The number of furan rings is 1. The van der Waals surface area contributed by atoms with Gasteiger partial charge in [-0.05, 0) is 52.6 Å². The SMILES string of the molecule is c1ccc(-c2cccc(-c3cc(-c4cccc5c4oc4cccc(-c6nc(-c7ccccc7)nc(-c7ccccc7)n6)c45)cc4c3sc3ccccc34)c2)cc1. The molecular formula is C51H31N3OS. The predicted octanol–water partition coefficient (Wildman–Crippen LogP) is 14.1. The third kappa shape index (κ3) is 5.48. The maximum atomic E-state index is 6.86. The Labute approximate surface area is 327 Å². The molecule has 0 aliphatic heterocycles. The molecule has 0 spiro atoms. The number of para-hydroxylation sites is 1. The summed E-state index contributed by atoms with van der Waals surface area (Å²) in [5.41, 5.74) is 11.3. The van der Waals surface area contributed by atoms with Crippen LogP contribution in [0, 0.1) is 0 Å². The van der Waals surface area contributed by atoms with Crippen molar-refractivity contribution in [2.45, 2.75) is 0 Å². The van der Waals surface area contributed by atoms with E-state index in [0.717, 1.165) is 49.8 Å². The molecule has 3 heterocycles. The second kappa shape index (κ2) is 13.3. The van der Waals surface area contributed by atoms with Gasteiger partial charge in [0.15, 0.2) is 17.5 Å². The van der Waals surface area contributed by atoms with Crippen LogP contribution in [0.4, 0.5) is 0 Å². The third-order valence-electron chi connectivity index (χ3n) is 10.5. The lowest BCUT2D eigenvalue weighted by Crippen LogP contribution is -2.00. The summed E-state index contributed by atoms with van der Waals surface area (Å²) in [6, 6.07) is 65.7. The molecule has 0 bridgehead atoms. The quantitative estimate of drug-likeness (QED) is 0.171. The average Bonchev–Trinajstić information content (AvgIpc) is 3.86. The van der Waals surface area contributed by atoms with E-state index < -0.39 is 0 Å². The topological polar surface area (TPSA) is 51.8 Å². The number of rotatable bonds is 6. The van der Waals surface area contributed by atoms with Crippen LogP contribution in [-0.2, 0) is 0 Å². The van der Waals surface area contributed by atoms with Gasteiger partial charge in [-0.3, -0.25) is 0 Å². The van der Waals surface area contributed by atoms with E-state index in [-0.39, 0.29) is 0 Å². The molecule has 56 heavy (non-hydrogen) atoms. The Balaban J connectivity index is 1.13. The highest BCUT2D eigenvalue weighted by molar-refractivity contribution is 7.26. The van der Waals surface area contributed by atoms with E-state index in [2.05, 4.69) is 115 Å². The third-order valence-corrected chi connectivity index (χ3v) is 11.8. The minimum atomic E-state index is 0.600. The maximum Gasteiger partial charge on any atom is 0.164 e. The summed E-state index contributed by atoms with van der Waals surface area (Å²) in [5, 5.41) is 4.49. The molecule has 3 aromatic heterocycles. The van der Waals surface area contributed by atoms with E-state index >= 15 is 0 Å². The van der Waals surface area contributed by atoms with Crippen LogP contribution >= 0.6 is 11.3 Å². The predicted molar refractivity (Wildman–Crippen MR) is 233 cm³/mol. The first-order chi connectivity index (χ1) is 27.7. The van der Waals surface area contributed by atoms with E-state index in [4.69, 9.17) is 19.4 Å². The fraction of sp³-hybridized carbons (Fsp3) is 0. The van der Waals surface area contributed by atoms with Crippen molar-refractivity contribution in [1.82, 2.24) is 15.0 Å². The van der Waals surface area contributed by atoms with Gasteiger partial charge in [-0.2, -0.15) is 0 Å². The van der Waals surface area contributed by atoms with Crippen LogP contribution in [0.3, 0.4) is 0 Å². The molecule has 0 saturated carbocycles. The van der Waals surface area contributed by atoms with E-state index in [1.54, 1.807) is 0 Å². The number of thiophene rings is 1. The van der Waals surface area contributed by atoms with Gasteiger partial charge in [0, 0.05) is 58.8 Å². The van der Waals surface area contributed by atoms with Crippen molar-refractivity contribution in [2.24, 2.45) is 0 Å². The van der Waals surface area contributed by atoms with Crippen LogP contribution in [0.5, 0.6) is 0 Å². The van der Waals surface area contributed by atoms with Crippen molar-refractivity contribution in [3.63, 3.8) is 0 Å². The van der Waals surface area contributed by atoms with Crippen LogP contribution in [-0.4, -0.2) is 15.0 Å². The minimum absolute atomic E-state index is 0.600. The van der Waals surface area contributed by atoms with E-state index in [0.29, 0.717) is 17.5 Å². The molecule has 262 valence electrons. The summed E-state index contributed by atoms with van der Waals surface area (Å²) >= 11 is 1.85. The van der Waals surface area contributed by atoms with Crippen molar-refractivity contribution < 1.29 is 4.42 Å². The van der Waals surface area contributed by atoms with Gasteiger partial charge in [0.05, 0.1) is 0 Å². The van der Waals surface area contributed by atoms with Crippen LogP contribution < -0.4 is 0 Å². The first kappa shape index (κ1) is 32.2. The number of aromatic nitrogens is 3. The molecule has 5 heteroatoms. The lowest BCUT2D eigenvalue weighted by atomic mass is 9.93. The summed E-state index contributed by atoms with van der Waals surface area (Å²) in [5.74, 6) is 1.85. The molecule has 0 unspecified atom stereocenters. The number of hydrogen-bond acceptors (Lipinski definition) is 5. The van der Waals surface area contributed by atoms with Crippen LogP contribution in [0.25, 0.3) is 110 Å². The van der Waals surface area contributed by atoms with Crippen molar-refractivity contribution in [3.8, 4) is 67.5 Å². The zero-order valence-corrected chi connectivity index (χ0v) is 30.9. The summed E-state index contributed by atoms with van der Waals surface area (Å²) in [6.45, 7) is 0. The molecular weight excluding hydrogens is 703 g/mol. The molecule has 0 amide bonds. The molecule has 11 aromatic rings. The molecule has 0 N–H and O–H groups in total. The van der Waals surface area contributed by atoms with Crippen LogP contribution in [0.1, 0.15) is 0 Å². The molecule has 4 nitrogen and oxygen atoms in total. The molecule has 0 aliphatic carbocycles. The molecule has 0 atom stereocenters. The van der Waals surface area contributed by atoms with Gasteiger partial charge in [0.2, 0.25) is 0 Å². The number of nitrogens with zero attached hydrogens (tertiary/aromatic N) is 3. The standard InChI is InChI=1S/C51H31N3OS/c1-4-15-32(16-5-1)35-21-12-22-36(29-35)42-30-37(31-43-39-23-10-11-28-45(39)56-48(42)43)38-24-13-25-40-46-41(26-14-27-44(46)55-47(38)40)51-53-49(33-17-6-2-7-18-33)52-50(54-51)34-19-8-3-9-20-34/h1-31H. The van der Waals surface area contributed by atoms with Crippen molar-refractivity contribution in [3.05, 3.63) is 188 Å². The summed E-state index contributed by atoms with van der Waals surface area (Å²) in [6.07, 6.45) is 0. The van der Waals surface area contributed by atoms with Crippen molar-refractivity contribution >= 4 is 53.4 Å². The zero-order valence-electron chi connectivity index (χ0n) is 30.1. The Morgan fingerprint density at radius 2 is 0.929 bits per heavy atom. The lowest BCUT2D eigenvalue weighted by Gasteiger charge is -2.11.